The zero-order chi connectivity index (χ0) is 12.1. The molecule has 2 heterocycles. The van der Waals surface area contributed by atoms with Gasteiger partial charge in [0.25, 0.3) is 5.91 Å². The number of carbonyl (C=O) groups is 1. The maximum absolute atomic E-state index is 11.7. The van der Waals surface area contributed by atoms with Crippen molar-refractivity contribution >= 4 is 5.91 Å². The number of oxazole rings is 1. The van der Waals surface area contributed by atoms with E-state index in [9.17, 15) is 4.79 Å². The SMILES string of the molecule is Cc1ncoc1C(=O)NCCN1CCNCC1. The van der Waals surface area contributed by atoms with Gasteiger partial charge in [-0.1, -0.05) is 0 Å². The van der Waals surface area contributed by atoms with E-state index in [0.29, 0.717) is 18.0 Å². The first-order valence-electron chi connectivity index (χ1n) is 5.89. The summed E-state index contributed by atoms with van der Waals surface area (Å²) in [5, 5.41) is 6.13. The van der Waals surface area contributed by atoms with Gasteiger partial charge in [-0.2, -0.15) is 0 Å². The second-order valence-corrected chi connectivity index (χ2v) is 4.11. The summed E-state index contributed by atoms with van der Waals surface area (Å²) in [6.45, 7) is 7.40. The topological polar surface area (TPSA) is 70.4 Å². The molecule has 0 aromatic carbocycles. The second kappa shape index (κ2) is 5.79. The smallest absolute Gasteiger partial charge is 0.289 e. The number of rotatable bonds is 4. The minimum atomic E-state index is -0.185. The van der Waals surface area contributed by atoms with E-state index in [1.165, 1.54) is 6.39 Å². The van der Waals surface area contributed by atoms with Crippen LogP contribution < -0.4 is 10.6 Å². The second-order valence-electron chi connectivity index (χ2n) is 4.11. The van der Waals surface area contributed by atoms with E-state index < -0.39 is 0 Å². The summed E-state index contributed by atoms with van der Waals surface area (Å²) in [6.07, 6.45) is 1.29. The van der Waals surface area contributed by atoms with Gasteiger partial charge in [-0.25, -0.2) is 4.98 Å². The highest BCUT2D eigenvalue weighted by atomic mass is 16.3. The van der Waals surface area contributed by atoms with Gasteiger partial charge in [0.2, 0.25) is 5.76 Å². The molecule has 0 aliphatic carbocycles. The monoisotopic (exact) mass is 238 g/mol. The quantitative estimate of drug-likeness (QED) is 0.748. The summed E-state index contributed by atoms with van der Waals surface area (Å²) in [6, 6.07) is 0. The zero-order valence-electron chi connectivity index (χ0n) is 10.0. The lowest BCUT2D eigenvalue weighted by atomic mass is 10.3. The first-order valence-corrected chi connectivity index (χ1v) is 5.89. The third kappa shape index (κ3) is 3.28. The van der Waals surface area contributed by atoms with Gasteiger partial charge in [-0.3, -0.25) is 9.69 Å². The van der Waals surface area contributed by atoms with Crippen molar-refractivity contribution in [2.24, 2.45) is 0 Å². The lowest BCUT2D eigenvalue weighted by Crippen LogP contribution is -2.46. The highest BCUT2D eigenvalue weighted by molar-refractivity contribution is 5.92. The highest BCUT2D eigenvalue weighted by Gasteiger charge is 2.14. The molecule has 6 heteroatoms. The van der Waals surface area contributed by atoms with Gasteiger partial charge in [0.05, 0.1) is 5.69 Å². The van der Waals surface area contributed by atoms with Crippen molar-refractivity contribution in [2.45, 2.75) is 6.92 Å². The first kappa shape index (κ1) is 12.1. The van der Waals surface area contributed by atoms with Gasteiger partial charge >= 0.3 is 0 Å². The molecule has 1 saturated heterocycles. The number of hydrogen-bond acceptors (Lipinski definition) is 5. The summed E-state index contributed by atoms with van der Waals surface area (Å²) in [5.41, 5.74) is 0.629. The molecule has 0 spiro atoms. The van der Waals surface area contributed by atoms with E-state index >= 15 is 0 Å². The Morgan fingerprint density at radius 2 is 2.35 bits per heavy atom. The Balaban J connectivity index is 1.71. The molecule has 6 nitrogen and oxygen atoms in total. The molecule has 1 aromatic rings. The number of nitrogens with one attached hydrogen (secondary N) is 2. The van der Waals surface area contributed by atoms with Crippen LogP contribution in [0.2, 0.25) is 0 Å². The van der Waals surface area contributed by atoms with Gasteiger partial charge in [0.1, 0.15) is 0 Å². The summed E-state index contributed by atoms with van der Waals surface area (Å²) in [5.74, 6) is 0.125. The van der Waals surface area contributed by atoms with E-state index in [1.54, 1.807) is 6.92 Å². The fraction of sp³-hybridized carbons (Fsp3) is 0.636. The number of aryl methyl sites for hydroxylation is 1. The first-order chi connectivity index (χ1) is 8.27. The average Bonchev–Trinajstić information content (AvgIpc) is 2.77. The third-order valence-electron chi connectivity index (χ3n) is 2.87. The van der Waals surface area contributed by atoms with Crippen LogP contribution in [0.25, 0.3) is 0 Å². The molecule has 1 amide bonds. The number of hydrogen-bond donors (Lipinski definition) is 2. The predicted octanol–water partition coefficient (Wildman–Crippen LogP) is -0.382. The van der Waals surface area contributed by atoms with Gasteiger partial charge in [-0.05, 0) is 6.92 Å². The van der Waals surface area contributed by atoms with Crippen molar-refractivity contribution in [3.63, 3.8) is 0 Å². The number of nitrogens with zero attached hydrogens (tertiary/aromatic N) is 2. The summed E-state index contributed by atoms with van der Waals surface area (Å²) in [4.78, 5) is 17.9. The molecule has 0 bridgehead atoms. The zero-order valence-corrected chi connectivity index (χ0v) is 10.0. The molecule has 1 fully saturated rings. The van der Waals surface area contributed by atoms with Crippen molar-refractivity contribution in [1.29, 1.82) is 0 Å². The fourth-order valence-electron chi connectivity index (χ4n) is 1.86. The lowest BCUT2D eigenvalue weighted by Gasteiger charge is -2.26. The molecule has 0 atom stereocenters. The number of aromatic nitrogens is 1. The minimum Gasteiger partial charge on any atom is -0.438 e. The third-order valence-corrected chi connectivity index (χ3v) is 2.87. The van der Waals surface area contributed by atoms with Crippen LogP contribution in [0.15, 0.2) is 10.8 Å². The predicted molar refractivity (Wildman–Crippen MR) is 62.9 cm³/mol. The van der Waals surface area contributed by atoms with Crippen LogP contribution in [-0.2, 0) is 0 Å². The Morgan fingerprint density at radius 1 is 1.59 bits per heavy atom. The molecule has 0 unspecified atom stereocenters. The molecule has 1 aliphatic heterocycles. The molecule has 0 radical (unpaired) electrons. The molecular weight excluding hydrogens is 220 g/mol. The summed E-state index contributed by atoms with van der Waals surface area (Å²) >= 11 is 0. The maximum atomic E-state index is 11.7. The van der Waals surface area contributed by atoms with Crippen LogP contribution in [-0.4, -0.2) is 55.1 Å². The lowest BCUT2D eigenvalue weighted by molar-refractivity contribution is 0.0918. The largest absolute Gasteiger partial charge is 0.438 e. The van der Waals surface area contributed by atoms with Crippen molar-refractivity contribution in [3.8, 4) is 0 Å². The van der Waals surface area contributed by atoms with Crippen LogP contribution in [0.1, 0.15) is 16.2 Å². The molecule has 2 N–H and O–H groups in total. The van der Waals surface area contributed by atoms with E-state index in [1.807, 2.05) is 0 Å². The Labute approximate surface area is 100 Å². The van der Waals surface area contributed by atoms with Crippen molar-refractivity contribution in [1.82, 2.24) is 20.5 Å². The molecule has 17 heavy (non-hydrogen) atoms. The summed E-state index contributed by atoms with van der Waals surface area (Å²) in [7, 11) is 0. The van der Waals surface area contributed by atoms with E-state index in [-0.39, 0.29) is 5.91 Å². The maximum Gasteiger partial charge on any atom is 0.289 e. The number of amides is 1. The van der Waals surface area contributed by atoms with Crippen LogP contribution >= 0.6 is 0 Å². The molecule has 0 saturated carbocycles. The Hall–Kier alpha value is -1.40. The van der Waals surface area contributed by atoms with Crippen molar-refractivity contribution in [2.75, 3.05) is 39.3 Å². The van der Waals surface area contributed by atoms with Gasteiger partial charge in [-0.15, -0.1) is 0 Å². The van der Waals surface area contributed by atoms with Crippen molar-refractivity contribution < 1.29 is 9.21 Å². The molecule has 1 aromatic heterocycles. The van der Waals surface area contributed by atoms with Gasteiger partial charge in [0, 0.05) is 39.3 Å². The van der Waals surface area contributed by atoms with Gasteiger partial charge < -0.3 is 15.1 Å². The highest BCUT2D eigenvalue weighted by Crippen LogP contribution is 2.03. The Bertz CT molecular complexity index is 371. The standard InChI is InChI=1S/C11H18N4O2/c1-9-10(17-8-14-9)11(16)13-4-7-15-5-2-12-3-6-15/h8,12H,2-7H2,1H3,(H,13,16). The van der Waals surface area contributed by atoms with E-state index in [2.05, 4.69) is 20.5 Å². The van der Waals surface area contributed by atoms with Crippen LogP contribution in [0.4, 0.5) is 0 Å². The van der Waals surface area contributed by atoms with Crippen LogP contribution in [0, 0.1) is 6.92 Å². The molecular formula is C11H18N4O2. The molecule has 94 valence electrons. The normalized spacial score (nSPS) is 17.0. The van der Waals surface area contributed by atoms with Crippen LogP contribution in [0.5, 0.6) is 0 Å². The molecule has 1 aliphatic rings. The average molecular weight is 238 g/mol. The Morgan fingerprint density at radius 3 is 3.00 bits per heavy atom. The molecule has 2 rings (SSSR count). The van der Waals surface area contributed by atoms with E-state index in [0.717, 1.165) is 32.7 Å². The minimum absolute atomic E-state index is 0.185. The Kier molecular flexibility index (Phi) is 4.11. The summed E-state index contributed by atoms with van der Waals surface area (Å²) < 4.78 is 5.02. The number of piperazine rings is 1. The van der Waals surface area contributed by atoms with Crippen LogP contribution in [0.3, 0.4) is 0 Å². The fourth-order valence-corrected chi connectivity index (χ4v) is 1.86. The van der Waals surface area contributed by atoms with Crippen molar-refractivity contribution in [3.05, 3.63) is 17.8 Å². The van der Waals surface area contributed by atoms with Gasteiger partial charge in [0.15, 0.2) is 6.39 Å². The number of carbonyl (C=O) groups excluding carboxylic acids is 1. The van der Waals surface area contributed by atoms with E-state index in [4.69, 9.17) is 4.42 Å².